The van der Waals surface area contributed by atoms with Gasteiger partial charge in [0.2, 0.25) is 0 Å². The highest BCUT2D eigenvalue weighted by atomic mass is 16.5. The molecule has 1 N–H and O–H groups in total. The second kappa shape index (κ2) is 5.00. The minimum Gasteiger partial charge on any atom is -0.459 e. The first-order valence-corrected chi connectivity index (χ1v) is 6.74. The minimum absolute atomic E-state index is 0.0106. The average Bonchev–Trinajstić information content (AvgIpc) is 2.60. The van der Waals surface area contributed by atoms with E-state index in [1.54, 1.807) is 0 Å². The zero-order valence-electron chi connectivity index (χ0n) is 11.6. The van der Waals surface area contributed by atoms with Crippen LogP contribution >= 0.6 is 0 Å². The minimum atomic E-state index is -0.259. The first-order chi connectivity index (χ1) is 9.63. The SMILES string of the molecule is Cc1ccc(C2COC(=O)c3cc(C)ccc3N2)cc1. The molecule has 0 radical (unpaired) electrons. The molecule has 3 nitrogen and oxygen atoms in total. The lowest BCUT2D eigenvalue weighted by atomic mass is 10.0. The number of hydrogen-bond acceptors (Lipinski definition) is 3. The molecule has 0 aliphatic carbocycles. The molecule has 1 aliphatic rings. The lowest BCUT2D eigenvalue weighted by Crippen LogP contribution is -2.15. The van der Waals surface area contributed by atoms with Crippen LogP contribution in [-0.4, -0.2) is 12.6 Å². The number of carbonyl (C=O) groups excluding carboxylic acids is 1. The predicted molar refractivity (Wildman–Crippen MR) is 79.0 cm³/mol. The van der Waals surface area contributed by atoms with E-state index in [0.29, 0.717) is 12.2 Å². The van der Waals surface area contributed by atoms with E-state index >= 15 is 0 Å². The number of ether oxygens (including phenoxy) is 1. The van der Waals surface area contributed by atoms with Crippen LogP contribution in [0.25, 0.3) is 0 Å². The number of nitrogens with one attached hydrogen (secondary N) is 1. The van der Waals surface area contributed by atoms with E-state index < -0.39 is 0 Å². The summed E-state index contributed by atoms with van der Waals surface area (Å²) in [6.07, 6.45) is 0. The van der Waals surface area contributed by atoms with Crippen molar-refractivity contribution in [3.8, 4) is 0 Å². The molecule has 0 saturated heterocycles. The fourth-order valence-corrected chi connectivity index (χ4v) is 2.40. The highest BCUT2D eigenvalue weighted by molar-refractivity contribution is 5.96. The Bertz CT molecular complexity index is 647. The summed E-state index contributed by atoms with van der Waals surface area (Å²) in [5.74, 6) is -0.259. The smallest absolute Gasteiger partial charge is 0.340 e. The number of aryl methyl sites for hydroxylation is 2. The number of fused-ring (bicyclic) bond motifs is 1. The van der Waals surface area contributed by atoms with E-state index in [1.165, 1.54) is 5.56 Å². The third-order valence-electron chi connectivity index (χ3n) is 3.59. The van der Waals surface area contributed by atoms with Gasteiger partial charge in [-0.1, -0.05) is 41.5 Å². The van der Waals surface area contributed by atoms with Crippen LogP contribution in [0.1, 0.15) is 33.1 Å². The van der Waals surface area contributed by atoms with Crippen molar-refractivity contribution >= 4 is 11.7 Å². The van der Waals surface area contributed by atoms with Crippen LogP contribution in [0.15, 0.2) is 42.5 Å². The Hall–Kier alpha value is -2.29. The van der Waals surface area contributed by atoms with Gasteiger partial charge in [-0.15, -0.1) is 0 Å². The van der Waals surface area contributed by atoms with Gasteiger partial charge in [-0.2, -0.15) is 0 Å². The molecule has 0 fully saturated rings. The molecule has 0 amide bonds. The summed E-state index contributed by atoms with van der Waals surface area (Å²) in [5.41, 5.74) is 4.84. The van der Waals surface area contributed by atoms with E-state index in [-0.39, 0.29) is 12.0 Å². The lowest BCUT2D eigenvalue weighted by Gasteiger charge is -2.17. The number of cyclic esters (lactones) is 1. The maximum Gasteiger partial charge on any atom is 0.340 e. The molecule has 3 rings (SSSR count). The largest absolute Gasteiger partial charge is 0.459 e. The highest BCUT2D eigenvalue weighted by Gasteiger charge is 2.23. The number of rotatable bonds is 1. The molecule has 2 aromatic rings. The van der Waals surface area contributed by atoms with Crippen LogP contribution in [0.3, 0.4) is 0 Å². The van der Waals surface area contributed by atoms with Crippen molar-refractivity contribution in [1.29, 1.82) is 0 Å². The van der Waals surface area contributed by atoms with Gasteiger partial charge in [-0.3, -0.25) is 0 Å². The lowest BCUT2D eigenvalue weighted by molar-refractivity contribution is 0.0500. The standard InChI is InChI=1S/C17H17NO2/c1-11-3-6-13(7-4-11)16-10-20-17(19)14-9-12(2)5-8-15(14)18-16/h3-9,16,18H,10H2,1-2H3. The molecule has 1 aliphatic heterocycles. The summed E-state index contributed by atoms with van der Waals surface area (Å²) >= 11 is 0. The van der Waals surface area contributed by atoms with Gasteiger partial charge in [-0.05, 0) is 31.5 Å². The van der Waals surface area contributed by atoms with E-state index in [9.17, 15) is 4.79 Å². The van der Waals surface area contributed by atoms with Crippen molar-refractivity contribution in [2.45, 2.75) is 19.9 Å². The van der Waals surface area contributed by atoms with Crippen LogP contribution in [0.4, 0.5) is 5.69 Å². The molecule has 0 saturated carbocycles. The first-order valence-electron chi connectivity index (χ1n) is 6.74. The van der Waals surface area contributed by atoms with Gasteiger partial charge >= 0.3 is 5.97 Å². The van der Waals surface area contributed by atoms with Crippen molar-refractivity contribution in [3.63, 3.8) is 0 Å². The van der Waals surface area contributed by atoms with Gasteiger partial charge in [0.1, 0.15) is 6.61 Å². The molecule has 0 bridgehead atoms. The monoisotopic (exact) mass is 267 g/mol. The summed E-state index contributed by atoms with van der Waals surface area (Å²) in [7, 11) is 0. The molecule has 20 heavy (non-hydrogen) atoms. The van der Waals surface area contributed by atoms with Crippen LogP contribution < -0.4 is 5.32 Å². The molecular weight excluding hydrogens is 250 g/mol. The Morgan fingerprint density at radius 2 is 1.75 bits per heavy atom. The third-order valence-corrected chi connectivity index (χ3v) is 3.59. The quantitative estimate of drug-likeness (QED) is 0.802. The summed E-state index contributed by atoms with van der Waals surface area (Å²) in [4.78, 5) is 12.0. The molecule has 102 valence electrons. The molecule has 0 spiro atoms. The van der Waals surface area contributed by atoms with E-state index in [1.807, 2.05) is 25.1 Å². The van der Waals surface area contributed by atoms with E-state index in [0.717, 1.165) is 16.8 Å². The summed E-state index contributed by atoms with van der Waals surface area (Å²) in [6, 6.07) is 14.1. The van der Waals surface area contributed by atoms with Gasteiger partial charge in [0, 0.05) is 5.69 Å². The molecular formula is C17H17NO2. The molecule has 3 heteroatoms. The van der Waals surface area contributed by atoms with Gasteiger partial charge in [0.05, 0.1) is 11.6 Å². The van der Waals surface area contributed by atoms with Crippen molar-refractivity contribution in [2.24, 2.45) is 0 Å². The Kier molecular flexibility index (Phi) is 3.18. The van der Waals surface area contributed by atoms with Gasteiger partial charge in [-0.25, -0.2) is 4.79 Å². The van der Waals surface area contributed by atoms with E-state index in [2.05, 4.69) is 36.5 Å². The number of hydrogen-bond donors (Lipinski definition) is 1. The van der Waals surface area contributed by atoms with Crippen LogP contribution in [0.2, 0.25) is 0 Å². The van der Waals surface area contributed by atoms with Crippen molar-refractivity contribution in [3.05, 3.63) is 64.7 Å². The molecule has 1 atom stereocenters. The summed E-state index contributed by atoms with van der Waals surface area (Å²) in [5, 5.41) is 3.41. The molecule has 1 unspecified atom stereocenters. The first kappa shape index (κ1) is 12.7. The van der Waals surface area contributed by atoms with Gasteiger partial charge in [0.15, 0.2) is 0 Å². The second-order valence-corrected chi connectivity index (χ2v) is 5.26. The van der Waals surface area contributed by atoms with Crippen LogP contribution in [0, 0.1) is 13.8 Å². The molecule has 1 heterocycles. The van der Waals surface area contributed by atoms with Crippen LogP contribution in [0.5, 0.6) is 0 Å². The Morgan fingerprint density at radius 1 is 1.05 bits per heavy atom. The molecule has 0 aromatic heterocycles. The van der Waals surface area contributed by atoms with Gasteiger partial charge in [0.25, 0.3) is 0 Å². The normalized spacial score (nSPS) is 17.7. The zero-order chi connectivity index (χ0) is 14.1. The van der Waals surface area contributed by atoms with Crippen LogP contribution in [-0.2, 0) is 4.74 Å². The third kappa shape index (κ3) is 2.39. The zero-order valence-corrected chi connectivity index (χ0v) is 11.6. The fraction of sp³-hybridized carbons (Fsp3) is 0.235. The molecule has 2 aromatic carbocycles. The van der Waals surface area contributed by atoms with Crippen molar-refractivity contribution < 1.29 is 9.53 Å². The summed E-state index contributed by atoms with van der Waals surface area (Å²) in [6.45, 7) is 4.37. The van der Waals surface area contributed by atoms with E-state index in [4.69, 9.17) is 4.74 Å². The van der Waals surface area contributed by atoms with Crippen molar-refractivity contribution in [1.82, 2.24) is 0 Å². The number of benzene rings is 2. The number of carbonyl (C=O) groups is 1. The number of anilines is 1. The Labute approximate surface area is 118 Å². The Morgan fingerprint density at radius 3 is 2.50 bits per heavy atom. The average molecular weight is 267 g/mol. The number of esters is 1. The Balaban J connectivity index is 1.96. The maximum atomic E-state index is 12.0. The summed E-state index contributed by atoms with van der Waals surface area (Å²) < 4.78 is 5.38. The van der Waals surface area contributed by atoms with Gasteiger partial charge < -0.3 is 10.1 Å². The predicted octanol–water partition coefficient (Wildman–Crippen LogP) is 3.63. The highest BCUT2D eigenvalue weighted by Crippen LogP contribution is 2.28. The fourth-order valence-electron chi connectivity index (χ4n) is 2.40. The topological polar surface area (TPSA) is 38.3 Å². The second-order valence-electron chi connectivity index (χ2n) is 5.26. The van der Waals surface area contributed by atoms with Crippen molar-refractivity contribution in [2.75, 3.05) is 11.9 Å². The maximum absolute atomic E-state index is 12.0.